The quantitative estimate of drug-likeness (QED) is 0.573. The van der Waals surface area contributed by atoms with Crippen molar-refractivity contribution >= 4 is 5.69 Å². The van der Waals surface area contributed by atoms with Crippen molar-refractivity contribution in [3.63, 3.8) is 0 Å². The van der Waals surface area contributed by atoms with E-state index in [0.717, 1.165) is 13.0 Å². The van der Waals surface area contributed by atoms with Crippen LogP contribution in [0.1, 0.15) is 11.1 Å². The number of rotatable bonds is 0. The lowest BCUT2D eigenvalue weighted by molar-refractivity contribution is 1.26. The highest BCUT2D eigenvalue weighted by molar-refractivity contribution is 5.54. The van der Waals surface area contributed by atoms with Crippen LogP contribution < -0.4 is 5.32 Å². The van der Waals surface area contributed by atoms with E-state index in [2.05, 4.69) is 42.6 Å². The third-order valence-corrected chi connectivity index (χ3v) is 2.18. The number of hydrogen-bond donors (Lipinski definition) is 1. The molecule has 1 aliphatic rings. The van der Waals surface area contributed by atoms with Gasteiger partial charge in [-0.2, -0.15) is 0 Å². The molecule has 1 nitrogen and oxygen atoms in total. The minimum absolute atomic E-state index is 0.954. The van der Waals surface area contributed by atoms with Crippen molar-refractivity contribution in [2.45, 2.75) is 13.3 Å². The van der Waals surface area contributed by atoms with Crippen LogP contribution in [0.15, 0.2) is 30.4 Å². The predicted molar refractivity (Wildman–Crippen MR) is 52.5 cm³/mol. The average molecular weight is 159 g/mol. The second kappa shape index (κ2) is 3.02. The second-order valence-electron chi connectivity index (χ2n) is 3.22. The van der Waals surface area contributed by atoms with Gasteiger partial charge in [-0.1, -0.05) is 29.8 Å². The van der Waals surface area contributed by atoms with E-state index >= 15 is 0 Å². The van der Waals surface area contributed by atoms with Crippen molar-refractivity contribution in [2.24, 2.45) is 0 Å². The lowest BCUT2D eigenvalue weighted by atomic mass is 10.1. The molecule has 1 aliphatic heterocycles. The second-order valence-corrected chi connectivity index (χ2v) is 3.22. The Morgan fingerprint density at radius 1 is 1.25 bits per heavy atom. The Balaban J connectivity index is 2.42. The van der Waals surface area contributed by atoms with Crippen LogP contribution in [0.2, 0.25) is 0 Å². The van der Waals surface area contributed by atoms with Crippen LogP contribution in [-0.4, -0.2) is 6.54 Å². The van der Waals surface area contributed by atoms with Crippen LogP contribution in [-0.2, 0) is 6.42 Å². The van der Waals surface area contributed by atoms with Gasteiger partial charge in [0.15, 0.2) is 0 Å². The summed E-state index contributed by atoms with van der Waals surface area (Å²) in [6.07, 6.45) is 5.46. The highest BCUT2D eigenvalue weighted by atomic mass is 14.9. The third kappa shape index (κ3) is 1.35. The molecule has 0 radical (unpaired) electrons. The Labute approximate surface area is 73.1 Å². The smallest absolute Gasteiger partial charge is 0.0378 e. The first kappa shape index (κ1) is 7.41. The van der Waals surface area contributed by atoms with Crippen LogP contribution >= 0.6 is 0 Å². The predicted octanol–water partition coefficient (Wildman–Crippen LogP) is 2.52. The fourth-order valence-corrected chi connectivity index (χ4v) is 1.53. The van der Waals surface area contributed by atoms with Gasteiger partial charge in [0, 0.05) is 12.2 Å². The maximum atomic E-state index is 3.37. The maximum Gasteiger partial charge on any atom is 0.0378 e. The number of allylic oxidation sites excluding steroid dienone is 1. The third-order valence-electron chi connectivity index (χ3n) is 2.18. The van der Waals surface area contributed by atoms with E-state index in [9.17, 15) is 0 Å². The standard InChI is InChI=1S/C11H13N/c1-9-5-6-11-10(8-9)4-2-3-7-12-11/h2-3,5-6,8,12H,4,7H2,1H3. The highest BCUT2D eigenvalue weighted by Crippen LogP contribution is 2.19. The van der Waals surface area contributed by atoms with E-state index in [1.165, 1.54) is 16.8 Å². The number of aryl methyl sites for hydroxylation is 1. The van der Waals surface area contributed by atoms with E-state index < -0.39 is 0 Å². The van der Waals surface area contributed by atoms with E-state index in [-0.39, 0.29) is 0 Å². The molecule has 0 unspecified atom stereocenters. The monoisotopic (exact) mass is 159 g/mol. The van der Waals surface area contributed by atoms with E-state index in [4.69, 9.17) is 0 Å². The molecule has 0 fully saturated rings. The zero-order chi connectivity index (χ0) is 8.39. The molecule has 62 valence electrons. The molecule has 1 heterocycles. The summed E-state index contributed by atoms with van der Waals surface area (Å²) in [6.45, 7) is 3.09. The van der Waals surface area contributed by atoms with Gasteiger partial charge in [0.05, 0.1) is 0 Å². The molecule has 0 bridgehead atoms. The Morgan fingerprint density at radius 3 is 3.08 bits per heavy atom. The van der Waals surface area contributed by atoms with Gasteiger partial charge in [-0.3, -0.25) is 0 Å². The number of benzene rings is 1. The van der Waals surface area contributed by atoms with Crippen molar-refractivity contribution in [2.75, 3.05) is 11.9 Å². The molecule has 1 aromatic rings. The number of anilines is 1. The van der Waals surface area contributed by atoms with E-state index in [0.29, 0.717) is 0 Å². The Hall–Kier alpha value is -1.24. The largest absolute Gasteiger partial charge is 0.381 e. The molecule has 2 rings (SSSR count). The van der Waals surface area contributed by atoms with Crippen molar-refractivity contribution in [1.82, 2.24) is 0 Å². The molecule has 12 heavy (non-hydrogen) atoms. The molecule has 0 spiro atoms. The van der Waals surface area contributed by atoms with Crippen molar-refractivity contribution in [3.05, 3.63) is 41.5 Å². The molecular formula is C11H13N. The van der Waals surface area contributed by atoms with Crippen LogP contribution in [0.25, 0.3) is 0 Å². The van der Waals surface area contributed by atoms with Crippen molar-refractivity contribution < 1.29 is 0 Å². The van der Waals surface area contributed by atoms with Crippen LogP contribution in [0.3, 0.4) is 0 Å². The Bertz CT molecular complexity index is 313. The van der Waals surface area contributed by atoms with Gasteiger partial charge in [-0.25, -0.2) is 0 Å². The van der Waals surface area contributed by atoms with Crippen molar-refractivity contribution in [3.8, 4) is 0 Å². The molecular weight excluding hydrogens is 146 g/mol. The van der Waals surface area contributed by atoms with Gasteiger partial charge in [-0.15, -0.1) is 0 Å². The molecule has 0 amide bonds. The zero-order valence-corrected chi connectivity index (χ0v) is 7.30. The van der Waals surface area contributed by atoms with Gasteiger partial charge >= 0.3 is 0 Å². The minimum Gasteiger partial charge on any atom is -0.381 e. The van der Waals surface area contributed by atoms with Crippen LogP contribution in [0.5, 0.6) is 0 Å². The van der Waals surface area contributed by atoms with Gasteiger partial charge in [-0.05, 0) is 25.0 Å². The lowest BCUT2D eigenvalue weighted by Gasteiger charge is -2.07. The number of hydrogen-bond acceptors (Lipinski definition) is 1. The first-order chi connectivity index (χ1) is 5.86. The summed E-state index contributed by atoms with van der Waals surface area (Å²) < 4.78 is 0. The fourth-order valence-electron chi connectivity index (χ4n) is 1.53. The topological polar surface area (TPSA) is 12.0 Å². The van der Waals surface area contributed by atoms with Gasteiger partial charge in [0.1, 0.15) is 0 Å². The molecule has 0 atom stereocenters. The van der Waals surface area contributed by atoms with Gasteiger partial charge in [0.2, 0.25) is 0 Å². The normalized spacial score (nSPS) is 14.8. The highest BCUT2D eigenvalue weighted by Gasteiger charge is 2.02. The van der Waals surface area contributed by atoms with Crippen LogP contribution in [0, 0.1) is 6.92 Å². The molecule has 0 saturated heterocycles. The van der Waals surface area contributed by atoms with E-state index in [1.807, 2.05) is 0 Å². The molecule has 1 heteroatoms. The zero-order valence-electron chi connectivity index (χ0n) is 7.30. The SMILES string of the molecule is Cc1ccc2c(c1)CC=CCN2. The lowest BCUT2D eigenvalue weighted by Crippen LogP contribution is -1.98. The molecule has 0 aliphatic carbocycles. The minimum atomic E-state index is 0.954. The summed E-state index contributed by atoms with van der Waals surface area (Å²) in [6, 6.07) is 6.56. The number of fused-ring (bicyclic) bond motifs is 1. The van der Waals surface area contributed by atoms with E-state index in [1.54, 1.807) is 0 Å². The average Bonchev–Trinajstić information content (AvgIpc) is 2.28. The van der Waals surface area contributed by atoms with Crippen LogP contribution in [0.4, 0.5) is 5.69 Å². The molecule has 1 aromatic carbocycles. The van der Waals surface area contributed by atoms with Gasteiger partial charge < -0.3 is 5.32 Å². The Morgan fingerprint density at radius 2 is 2.17 bits per heavy atom. The maximum absolute atomic E-state index is 3.37. The molecule has 1 N–H and O–H groups in total. The molecule has 0 aromatic heterocycles. The summed E-state index contributed by atoms with van der Waals surface area (Å²) in [7, 11) is 0. The summed E-state index contributed by atoms with van der Waals surface area (Å²) in [5.74, 6) is 0. The number of nitrogens with one attached hydrogen (secondary N) is 1. The summed E-state index contributed by atoms with van der Waals surface area (Å²) >= 11 is 0. The van der Waals surface area contributed by atoms with Gasteiger partial charge in [0.25, 0.3) is 0 Å². The first-order valence-electron chi connectivity index (χ1n) is 4.34. The summed E-state index contributed by atoms with van der Waals surface area (Å²) in [4.78, 5) is 0. The molecule has 0 saturated carbocycles. The summed E-state index contributed by atoms with van der Waals surface area (Å²) in [5, 5.41) is 3.37. The van der Waals surface area contributed by atoms with Crippen molar-refractivity contribution in [1.29, 1.82) is 0 Å². The fraction of sp³-hybridized carbons (Fsp3) is 0.273. The first-order valence-corrected chi connectivity index (χ1v) is 4.34. The Kier molecular flexibility index (Phi) is 1.86. The summed E-state index contributed by atoms with van der Waals surface area (Å²) in [5.41, 5.74) is 4.03.